The molecule has 0 aliphatic rings. The van der Waals surface area contributed by atoms with Crippen LogP contribution in [0, 0.1) is 0 Å². The van der Waals surface area contributed by atoms with E-state index in [9.17, 15) is 0 Å². The van der Waals surface area contributed by atoms with Crippen LogP contribution in [0.25, 0.3) is 0 Å². The highest BCUT2D eigenvalue weighted by Gasteiger charge is 2.14. The van der Waals surface area contributed by atoms with Crippen LogP contribution >= 0.6 is 34.3 Å². The molecule has 3 rings (SSSR count). The van der Waals surface area contributed by atoms with Gasteiger partial charge in [0.25, 0.3) is 0 Å². The van der Waals surface area contributed by atoms with Gasteiger partial charge in [-0.3, -0.25) is 0 Å². The molecule has 0 unspecified atom stereocenters. The third-order valence-electron chi connectivity index (χ3n) is 2.46. The number of benzene rings is 1. The van der Waals surface area contributed by atoms with Crippen LogP contribution in [-0.4, -0.2) is 20.4 Å². The van der Waals surface area contributed by atoms with E-state index in [4.69, 9.17) is 11.6 Å². The van der Waals surface area contributed by atoms with Crippen LogP contribution in [0.1, 0.15) is 11.7 Å². The van der Waals surface area contributed by atoms with Gasteiger partial charge in [-0.15, -0.1) is 20.4 Å². The Morgan fingerprint density at radius 1 is 0.900 bits per heavy atom. The third-order valence-corrected chi connectivity index (χ3v) is 3.96. The molecular formula is C11H9ClN6S2. The number of nitrogens with one attached hydrogen (secondary N) is 2. The maximum absolute atomic E-state index is 5.92. The lowest BCUT2D eigenvalue weighted by molar-refractivity contribution is 0.879. The molecule has 6 nitrogen and oxygen atoms in total. The molecule has 2 N–H and O–H groups in total. The first-order valence-electron chi connectivity index (χ1n) is 5.62. The highest BCUT2D eigenvalue weighted by atomic mass is 35.5. The minimum Gasteiger partial charge on any atom is -0.336 e. The second-order valence-electron chi connectivity index (χ2n) is 3.76. The van der Waals surface area contributed by atoms with Crippen molar-refractivity contribution in [2.24, 2.45) is 0 Å². The predicted molar refractivity (Wildman–Crippen MR) is 81.3 cm³/mol. The molecule has 0 fully saturated rings. The maximum atomic E-state index is 5.92. The highest BCUT2D eigenvalue weighted by Crippen LogP contribution is 2.24. The number of hydrogen-bond acceptors (Lipinski definition) is 8. The first-order valence-corrected chi connectivity index (χ1v) is 7.76. The summed E-state index contributed by atoms with van der Waals surface area (Å²) >= 11 is 8.78. The summed E-state index contributed by atoms with van der Waals surface area (Å²) in [7, 11) is 0. The zero-order valence-electron chi connectivity index (χ0n) is 10.0. The highest BCUT2D eigenvalue weighted by molar-refractivity contribution is 7.13. The van der Waals surface area contributed by atoms with Crippen LogP contribution in [0.5, 0.6) is 0 Å². The summed E-state index contributed by atoms with van der Waals surface area (Å²) in [4.78, 5) is 0. The van der Waals surface area contributed by atoms with Gasteiger partial charge in [0, 0.05) is 5.02 Å². The quantitative estimate of drug-likeness (QED) is 0.702. The summed E-state index contributed by atoms with van der Waals surface area (Å²) in [5.74, 6) is 0. The molecule has 2 aromatic heterocycles. The van der Waals surface area contributed by atoms with E-state index in [1.807, 2.05) is 24.3 Å². The molecule has 1 aromatic carbocycles. The van der Waals surface area contributed by atoms with Gasteiger partial charge in [0.2, 0.25) is 10.3 Å². The average Bonchev–Trinajstić information content (AvgIpc) is 3.12. The van der Waals surface area contributed by atoms with E-state index >= 15 is 0 Å². The van der Waals surface area contributed by atoms with Gasteiger partial charge in [0.1, 0.15) is 17.2 Å². The van der Waals surface area contributed by atoms with Crippen molar-refractivity contribution in [2.75, 3.05) is 10.6 Å². The summed E-state index contributed by atoms with van der Waals surface area (Å²) in [6.07, 6.45) is -0.187. The summed E-state index contributed by atoms with van der Waals surface area (Å²) < 4.78 is 0. The molecule has 0 amide bonds. The van der Waals surface area contributed by atoms with E-state index in [1.165, 1.54) is 22.7 Å². The fraction of sp³-hybridized carbons (Fsp3) is 0.0909. The molecule has 0 aliphatic carbocycles. The molecule has 102 valence electrons. The molecule has 0 bridgehead atoms. The zero-order chi connectivity index (χ0) is 13.8. The Morgan fingerprint density at radius 2 is 1.45 bits per heavy atom. The standard InChI is InChI=1S/C11H9ClN6S2/c12-8-3-1-7(2-4-8)9(15-10-17-13-5-19-10)16-11-18-14-6-20-11/h1-6,9H,(H,15,17)(H,16,18). The van der Waals surface area contributed by atoms with Crippen LogP contribution in [0.2, 0.25) is 5.02 Å². The molecule has 0 atom stereocenters. The Bertz CT molecular complexity index is 604. The second kappa shape index (κ2) is 6.12. The van der Waals surface area contributed by atoms with Gasteiger partial charge in [0.05, 0.1) is 0 Å². The van der Waals surface area contributed by atoms with E-state index in [0.717, 1.165) is 15.8 Å². The third kappa shape index (κ3) is 3.21. The Balaban J connectivity index is 1.84. The van der Waals surface area contributed by atoms with E-state index in [0.29, 0.717) is 5.02 Å². The number of hydrogen-bond donors (Lipinski definition) is 2. The van der Waals surface area contributed by atoms with Crippen LogP contribution in [-0.2, 0) is 0 Å². The predicted octanol–water partition coefficient (Wildman–Crippen LogP) is 3.27. The maximum Gasteiger partial charge on any atom is 0.207 e. The largest absolute Gasteiger partial charge is 0.336 e. The minimum absolute atomic E-state index is 0.187. The van der Waals surface area contributed by atoms with Gasteiger partial charge in [-0.1, -0.05) is 46.4 Å². The van der Waals surface area contributed by atoms with Gasteiger partial charge < -0.3 is 10.6 Å². The molecule has 0 spiro atoms. The molecular weight excluding hydrogens is 316 g/mol. The Labute approximate surface area is 127 Å². The number of halogens is 1. The van der Waals surface area contributed by atoms with Gasteiger partial charge in [-0.25, -0.2) is 0 Å². The molecule has 20 heavy (non-hydrogen) atoms. The fourth-order valence-corrected chi connectivity index (χ4v) is 2.65. The van der Waals surface area contributed by atoms with E-state index < -0.39 is 0 Å². The van der Waals surface area contributed by atoms with Crippen LogP contribution in [0.15, 0.2) is 35.3 Å². The normalized spacial score (nSPS) is 10.7. The Kier molecular flexibility index (Phi) is 4.05. The number of nitrogens with zero attached hydrogens (tertiary/aromatic N) is 4. The fourth-order valence-electron chi connectivity index (χ4n) is 1.58. The lowest BCUT2D eigenvalue weighted by Crippen LogP contribution is -2.19. The van der Waals surface area contributed by atoms with Crippen molar-refractivity contribution in [3.63, 3.8) is 0 Å². The Morgan fingerprint density at radius 3 is 1.90 bits per heavy atom. The first-order chi connectivity index (χ1) is 9.81. The van der Waals surface area contributed by atoms with Crippen molar-refractivity contribution in [3.8, 4) is 0 Å². The molecule has 3 aromatic rings. The molecule has 2 heterocycles. The lowest BCUT2D eigenvalue weighted by atomic mass is 10.2. The second-order valence-corrected chi connectivity index (χ2v) is 5.86. The number of aromatic nitrogens is 4. The minimum atomic E-state index is -0.187. The van der Waals surface area contributed by atoms with Gasteiger partial charge in [0.15, 0.2) is 0 Å². The van der Waals surface area contributed by atoms with Crippen molar-refractivity contribution in [1.82, 2.24) is 20.4 Å². The summed E-state index contributed by atoms with van der Waals surface area (Å²) in [6.45, 7) is 0. The van der Waals surface area contributed by atoms with Crippen molar-refractivity contribution in [3.05, 3.63) is 45.9 Å². The van der Waals surface area contributed by atoms with Crippen LogP contribution in [0.3, 0.4) is 0 Å². The summed E-state index contributed by atoms with van der Waals surface area (Å²) in [6, 6.07) is 7.56. The smallest absolute Gasteiger partial charge is 0.207 e. The van der Waals surface area contributed by atoms with Crippen molar-refractivity contribution in [2.45, 2.75) is 6.17 Å². The summed E-state index contributed by atoms with van der Waals surface area (Å²) in [5.41, 5.74) is 4.36. The first kappa shape index (κ1) is 13.2. The number of rotatable bonds is 5. The monoisotopic (exact) mass is 324 g/mol. The van der Waals surface area contributed by atoms with E-state index in [-0.39, 0.29) is 6.17 Å². The van der Waals surface area contributed by atoms with Gasteiger partial charge >= 0.3 is 0 Å². The molecule has 0 saturated heterocycles. The van der Waals surface area contributed by atoms with Crippen molar-refractivity contribution < 1.29 is 0 Å². The van der Waals surface area contributed by atoms with Gasteiger partial charge in [-0.2, -0.15) is 0 Å². The molecule has 0 radical (unpaired) electrons. The average molecular weight is 325 g/mol. The molecule has 0 saturated carbocycles. The van der Waals surface area contributed by atoms with Crippen molar-refractivity contribution in [1.29, 1.82) is 0 Å². The Hall–Kier alpha value is -1.77. The number of anilines is 2. The lowest BCUT2D eigenvalue weighted by Gasteiger charge is -2.19. The molecule has 9 heteroatoms. The topological polar surface area (TPSA) is 75.6 Å². The van der Waals surface area contributed by atoms with E-state index in [1.54, 1.807) is 11.0 Å². The molecule has 0 aliphatic heterocycles. The summed E-state index contributed by atoms with van der Waals surface area (Å²) in [5, 5.41) is 24.3. The van der Waals surface area contributed by atoms with Crippen LogP contribution in [0.4, 0.5) is 10.3 Å². The van der Waals surface area contributed by atoms with E-state index in [2.05, 4.69) is 31.0 Å². The van der Waals surface area contributed by atoms with Crippen LogP contribution < -0.4 is 10.6 Å². The zero-order valence-corrected chi connectivity index (χ0v) is 12.4. The SMILES string of the molecule is Clc1ccc(C(Nc2nncs2)Nc2nncs2)cc1. The van der Waals surface area contributed by atoms with Crippen molar-refractivity contribution >= 4 is 44.5 Å². The van der Waals surface area contributed by atoms with Gasteiger partial charge in [-0.05, 0) is 17.7 Å².